The third-order valence-corrected chi connectivity index (χ3v) is 19.4. The quantitative estimate of drug-likeness (QED) is 0.0198. The average Bonchev–Trinajstić information content (AvgIpc) is 3.16. The van der Waals surface area contributed by atoms with E-state index in [2.05, 4.69) is 87.6 Å². The first kappa shape index (κ1) is 78.3. The summed E-state index contributed by atoms with van der Waals surface area (Å²) >= 11 is 2.89. The predicted molar refractivity (Wildman–Crippen MR) is 351 cm³/mol. The number of anilines is 1. The van der Waals surface area contributed by atoms with Gasteiger partial charge in [0.15, 0.2) is 0 Å². The Morgan fingerprint density at radius 1 is 0.635 bits per heavy atom. The number of hydrogen-bond acceptors (Lipinski definition) is 18. The molecule has 31 heteroatoms. The number of alkyl halides is 5. The van der Waals surface area contributed by atoms with Crippen LogP contribution in [0.5, 0.6) is 0 Å². The van der Waals surface area contributed by atoms with E-state index < -0.39 is 71.2 Å². The third kappa shape index (κ3) is 33.5. The van der Waals surface area contributed by atoms with Gasteiger partial charge >= 0.3 is 21.0 Å². The Labute approximate surface area is 513 Å². The van der Waals surface area contributed by atoms with Crippen molar-refractivity contribution < 1.29 is 50.7 Å². The number of nitro benzene ring substituents is 2. The molecule has 7 rings (SSSR count). The molecule has 4 fully saturated rings. The van der Waals surface area contributed by atoms with Crippen molar-refractivity contribution in [3.8, 4) is 0 Å². The van der Waals surface area contributed by atoms with Gasteiger partial charge in [0.25, 0.3) is 11.4 Å². The number of non-ortho nitro benzene ring substituents is 2. The number of nitrogens with zero attached hydrogens (tertiary/aromatic N) is 8. The molecule has 0 amide bonds. The van der Waals surface area contributed by atoms with Gasteiger partial charge in [0.2, 0.25) is 0 Å². The average molecular weight is 1360 g/mol. The number of nitrogens with one attached hydrogen (secondary N) is 2. The van der Waals surface area contributed by atoms with E-state index in [0.717, 1.165) is 147 Å². The van der Waals surface area contributed by atoms with E-state index in [0.29, 0.717) is 24.5 Å². The Kier molecular flexibility index (Phi) is 34.4. The maximum atomic E-state index is 13.2. The van der Waals surface area contributed by atoms with Crippen molar-refractivity contribution in [1.82, 2.24) is 39.9 Å². The van der Waals surface area contributed by atoms with E-state index in [1.165, 1.54) is 22.9 Å². The lowest BCUT2D eigenvalue weighted by Crippen LogP contribution is -2.49. The summed E-state index contributed by atoms with van der Waals surface area (Å²) in [5.74, 6) is 0. The van der Waals surface area contributed by atoms with Gasteiger partial charge in [0, 0.05) is 153 Å². The standard InChI is InChI=1S/C17H32N3OPSi.C15H23FN3O3P.C8H5BrF3NO2.C7H17N2OP.C5H13BN2O.C2H6OP/c1-22(2,21)14-20-10-8-19(9-11-20)13-15-6-7-16(18)12-17(15)23(3,4)5;1-23(2,22)12-18-7-5-17(6-8-18)11-13-3-4-15(19(20)21)9-14(13)10-16;9-4-5-1-2-6(13(14)15)3-7(5)8(10,11)12;1-11(2,10)7-9-5-3-8-4-6-9;1-6(9)8-4-2-7-3-5-8;1-4(2)3/h6-7,12H,8-11,13-14,18H2,1-5H3;3-4,9H,5-8,10-12H2,1-2H3;1-3H,4H2;8H,3-7H2,1-2H3;7,9H,2-5H2,1H3;1-2H3/q;;;;;+1. The minimum absolute atomic E-state index is 0.000161. The lowest BCUT2D eigenvalue weighted by Gasteiger charge is -2.36. The van der Waals surface area contributed by atoms with Gasteiger partial charge in [-0.3, -0.25) is 44.7 Å². The molecule has 0 unspecified atom stereocenters. The van der Waals surface area contributed by atoms with Crippen LogP contribution in [0.3, 0.4) is 0 Å². The fourth-order valence-corrected chi connectivity index (χ4v) is 15.5. The van der Waals surface area contributed by atoms with E-state index in [1.54, 1.807) is 32.7 Å². The maximum Gasteiger partial charge on any atom is 0.416 e. The Hall–Kier alpha value is -2.83. The minimum atomic E-state index is -4.57. The molecule has 0 spiro atoms. The van der Waals surface area contributed by atoms with Crippen LogP contribution in [-0.4, -0.2) is 236 Å². The first-order valence-electron chi connectivity index (χ1n) is 28.3. The van der Waals surface area contributed by atoms with Gasteiger partial charge in [0.05, 0.1) is 63.8 Å². The summed E-state index contributed by atoms with van der Waals surface area (Å²) in [6.07, 6.45) is -2.40. The Balaban J connectivity index is 0.000000371. The van der Waals surface area contributed by atoms with E-state index in [-0.39, 0.29) is 23.6 Å². The topological polar surface area (TPSA) is 244 Å². The van der Waals surface area contributed by atoms with Gasteiger partial charge < -0.3 is 39.9 Å². The van der Waals surface area contributed by atoms with Crippen molar-refractivity contribution in [2.45, 2.75) is 57.7 Å². The molecule has 0 aliphatic carbocycles. The van der Waals surface area contributed by atoms with Crippen LogP contribution in [0.25, 0.3) is 0 Å². The fourth-order valence-electron chi connectivity index (χ4n) is 9.51. The zero-order chi connectivity index (χ0) is 64.5. The van der Waals surface area contributed by atoms with Gasteiger partial charge in [-0.1, -0.05) is 63.5 Å². The highest BCUT2D eigenvalue weighted by molar-refractivity contribution is 9.08. The summed E-state index contributed by atoms with van der Waals surface area (Å²) in [5.41, 5.74) is 7.86. The zero-order valence-corrected chi connectivity index (χ0v) is 58.2. The Morgan fingerprint density at radius 3 is 1.35 bits per heavy atom. The number of halogens is 5. The molecule has 482 valence electrons. The van der Waals surface area contributed by atoms with Crippen LogP contribution in [0.15, 0.2) is 54.6 Å². The van der Waals surface area contributed by atoms with Crippen molar-refractivity contribution in [2.24, 2.45) is 0 Å². The summed E-state index contributed by atoms with van der Waals surface area (Å²) in [6, 6.07) is 13.5. The van der Waals surface area contributed by atoms with E-state index in [1.807, 2.05) is 39.5 Å². The van der Waals surface area contributed by atoms with Gasteiger partial charge in [-0.05, 0) is 81.2 Å². The van der Waals surface area contributed by atoms with Gasteiger partial charge in [-0.2, -0.15) is 13.2 Å². The summed E-state index contributed by atoms with van der Waals surface area (Å²) in [6.45, 7) is 39.8. The molecule has 4 aliphatic rings. The van der Waals surface area contributed by atoms with E-state index in [4.69, 9.17) is 10.8 Å². The molecule has 5 N–H and O–H groups in total. The summed E-state index contributed by atoms with van der Waals surface area (Å²) in [5, 5.41) is 38.1. The molecule has 20 nitrogen and oxygen atoms in total. The van der Waals surface area contributed by atoms with Crippen LogP contribution in [0, 0.1) is 20.2 Å². The highest BCUT2D eigenvalue weighted by Crippen LogP contribution is 2.39. The summed E-state index contributed by atoms with van der Waals surface area (Å²) in [7, 11) is -8.38. The van der Waals surface area contributed by atoms with Crippen molar-refractivity contribution in [2.75, 3.05) is 183 Å². The van der Waals surface area contributed by atoms with Crippen LogP contribution >= 0.6 is 45.2 Å². The number of hydrogen-bond donors (Lipinski definition) is 4. The number of piperazine rings is 4. The molecule has 4 aliphatic heterocycles. The molecule has 3 aromatic carbocycles. The molecule has 85 heavy (non-hydrogen) atoms. The Bertz CT molecular complexity index is 2700. The van der Waals surface area contributed by atoms with Gasteiger partial charge in [0.1, 0.15) is 20.0 Å². The van der Waals surface area contributed by atoms with Crippen molar-refractivity contribution in [3.63, 3.8) is 0 Å². The monoisotopic (exact) mass is 1360 g/mol. The summed E-state index contributed by atoms with van der Waals surface area (Å²) < 4.78 is 95.3. The van der Waals surface area contributed by atoms with Crippen LogP contribution in [0.2, 0.25) is 26.5 Å². The molecule has 3 aromatic rings. The number of benzene rings is 3. The second kappa shape index (κ2) is 37.4. The number of rotatable bonds is 16. The predicted octanol–water partition coefficient (Wildman–Crippen LogP) is 9.33. The highest BCUT2D eigenvalue weighted by Gasteiger charge is 2.35. The maximum absolute atomic E-state index is 13.2. The third-order valence-electron chi connectivity index (χ3n) is 13.5. The molecular weight excluding hydrogens is 1270 g/mol. The first-order chi connectivity index (χ1) is 39.3. The van der Waals surface area contributed by atoms with E-state index >= 15 is 0 Å². The highest BCUT2D eigenvalue weighted by atomic mass is 79.9. The normalized spacial score (nSPS) is 17.2. The molecular formula is C54H96BBrF4N11O9P4Si+. The van der Waals surface area contributed by atoms with Crippen molar-refractivity contribution in [1.29, 1.82) is 0 Å². The van der Waals surface area contributed by atoms with Crippen molar-refractivity contribution in [3.05, 3.63) is 103 Å². The summed E-state index contributed by atoms with van der Waals surface area (Å²) in [4.78, 5) is 33.3. The van der Waals surface area contributed by atoms with Gasteiger partial charge in [-0.15, -0.1) is 0 Å². The number of nitrogen functional groups attached to an aromatic ring is 1. The molecule has 0 bridgehead atoms. The second-order valence-electron chi connectivity index (χ2n) is 24.3. The zero-order valence-electron chi connectivity index (χ0n) is 52.1. The number of nitrogens with two attached hydrogens (primary N) is 1. The minimum Gasteiger partial charge on any atom is -0.437 e. The molecule has 0 atom stereocenters. The van der Waals surface area contributed by atoms with Crippen LogP contribution in [0.4, 0.5) is 34.6 Å². The second-order valence-corrected chi connectivity index (χ2v) is 41.8. The lowest BCUT2D eigenvalue weighted by molar-refractivity contribution is -0.385. The van der Waals surface area contributed by atoms with Crippen LogP contribution in [0.1, 0.15) is 27.8 Å². The molecule has 0 aromatic heterocycles. The lowest BCUT2D eigenvalue weighted by atomic mass is 9.84. The molecule has 0 saturated carbocycles. The van der Waals surface area contributed by atoms with Crippen LogP contribution in [-0.2, 0) is 49.5 Å². The first-order valence-corrected chi connectivity index (χ1v) is 43.5. The fraction of sp³-hybridized carbons (Fsp3) is 0.667. The molecule has 4 heterocycles. The smallest absolute Gasteiger partial charge is 0.416 e. The van der Waals surface area contributed by atoms with Crippen molar-refractivity contribution >= 4 is 82.5 Å². The number of nitro groups is 2. The molecule has 0 radical (unpaired) electrons. The van der Waals surface area contributed by atoms with Gasteiger partial charge in [-0.25, -0.2) is 4.39 Å². The molecule has 4 saturated heterocycles. The van der Waals surface area contributed by atoms with Crippen LogP contribution < -0.4 is 21.6 Å². The largest absolute Gasteiger partial charge is 0.437 e. The Morgan fingerprint density at radius 2 is 1.00 bits per heavy atom. The SMILES string of the molecule is CB(O)N1CCNCC1.CP(C)(=O)CN1CCN(Cc2ccc([N+](=O)[O-])cc2CF)CC1.CP(C)(=O)CN1CCNCC1.C[P+](C)=O.C[Si](C)(C)c1cc(N)ccc1CN1CCN(CP(C)(C)=O)CC1.O=[N+]([O-])c1ccc(CBr)c(C(F)(F)F)c1. The van der Waals surface area contributed by atoms with E-state index in [9.17, 15) is 56.1 Å².